The van der Waals surface area contributed by atoms with Crippen molar-refractivity contribution in [3.8, 4) is 11.5 Å². The van der Waals surface area contributed by atoms with Crippen LogP contribution in [-0.4, -0.2) is 36.2 Å². The van der Waals surface area contributed by atoms with Gasteiger partial charge >= 0.3 is 0 Å². The smallest absolute Gasteiger partial charge is 0.218 e. The highest BCUT2D eigenvalue weighted by Gasteiger charge is 2.26. The fraction of sp³-hybridized carbons (Fsp3) is 0.333. The van der Waals surface area contributed by atoms with Crippen molar-refractivity contribution in [2.45, 2.75) is 19.3 Å². The summed E-state index contributed by atoms with van der Waals surface area (Å²) in [4.78, 5) is 25.9. The van der Waals surface area contributed by atoms with E-state index in [1.165, 1.54) is 0 Å². The molecule has 0 spiro atoms. The van der Waals surface area contributed by atoms with E-state index >= 15 is 0 Å². The van der Waals surface area contributed by atoms with Crippen LogP contribution < -0.4 is 10.5 Å². The Kier molecular flexibility index (Phi) is 6.02. The van der Waals surface area contributed by atoms with E-state index in [1.807, 2.05) is 54.6 Å². The van der Waals surface area contributed by atoms with Gasteiger partial charge in [-0.05, 0) is 55.8 Å². The van der Waals surface area contributed by atoms with E-state index in [2.05, 4.69) is 4.90 Å². The zero-order valence-electron chi connectivity index (χ0n) is 14.8. The van der Waals surface area contributed by atoms with E-state index in [1.54, 1.807) is 0 Å². The highest BCUT2D eigenvalue weighted by Crippen LogP contribution is 2.24. The summed E-state index contributed by atoms with van der Waals surface area (Å²) in [5.74, 6) is 1.30. The van der Waals surface area contributed by atoms with Gasteiger partial charge in [-0.3, -0.25) is 9.59 Å². The van der Waals surface area contributed by atoms with E-state index in [4.69, 9.17) is 10.5 Å². The molecule has 1 heterocycles. The summed E-state index contributed by atoms with van der Waals surface area (Å²) in [5.41, 5.74) is 5.92. The maximum absolute atomic E-state index is 12.8. The van der Waals surface area contributed by atoms with Gasteiger partial charge < -0.3 is 15.4 Å². The third-order valence-electron chi connectivity index (χ3n) is 4.67. The number of nitrogens with two attached hydrogens (primary N) is 1. The lowest BCUT2D eigenvalue weighted by Crippen LogP contribution is -2.40. The highest BCUT2D eigenvalue weighted by atomic mass is 16.5. The summed E-state index contributed by atoms with van der Waals surface area (Å²) in [6, 6.07) is 16.9. The van der Waals surface area contributed by atoms with Crippen LogP contribution in [-0.2, 0) is 4.79 Å². The summed E-state index contributed by atoms with van der Waals surface area (Å²) in [7, 11) is 0. The average molecular weight is 352 g/mol. The van der Waals surface area contributed by atoms with Crippen molar-refractivity contribution < 1.29 is 14.3 Å². The van der Waals surface area contributed by atoms with Crippen LogP contribution in [0.5, 0.6) is 11.5 Å². The molecule has 2 aromatic rings. The number of carbonyl (C=O) groups excluding carboxylic acids is 2. The quantitative estimate of drug-likeness (QED) is 0.777. The third kappa shape index (κ3) is 4.92. The largest absolute Gasteiger partial charge is 0.457 e. The SMILES string of the molecule is NC(=O)CCN1CCCC(C(=O)c2ccc(Oc3ccccc3)cc2)C1. The van der Waals surface area contributed by atoms with Crippen LogP contribution in [0, 0.1) is 5.92 Å². The molecule has 1 atom stereocenters. The highest BCUT2D eigenvalue weighted by molar-refractivity contribution is 5.98. The molecule has 0 saturated carbocycles. The van der Waals surface area contributed by atoms with Gasteiger partial charge in [0.05, 0.1) is 0 Å². The van der Waals surface area contributed by atoms with Gasteiger partial charge in [-0.1, -0.05) is 18.2 Å². The van der Waals surface area contributed by atoms with Crippen molar-refractivity contribution in [1.82, 2.24) is 4.90 Å². The molecule has 0 aromatic heterocycles. The third-order valence-corrected chi connectivity index (χ3v) is 4.67. The minimum atomic E-state index is -0.299. The molecule has 0 bridgehead atoms. The Morgan fingerprint density at radius 1 is 1.04 bits per heavy atom. The Morgan fingerprint density at radius 3 is 2.42 bits per heavy atom. The molecular weight excluding hydrogens is 328 g/mol. The summed E-state index contributed by atoms with van der Waals surface area (Å²) in [5, 5.41) is 0. The van der Waals surface area contributed by atoms with Crippen LogP contribution in [0.1, 0.15) is 29.6 Å². The van der Waals surface area contributed by atoms with Gasteiger partial charge in [0.2, 0.25) is 5.91 Å². The zero-order valence-corrected chi connectivity index (χ0v) is 14.8. The lowest BCUT2D eigenvalue weighted by Gasteiger charge is -2.31. The molecular formula is C21H24N2O3. The molecule has 1 aliphatic heterocycles. The van der Waals surface area contributed by atoms with Crippen LogP contribution in [0.2, 0.25) is 0 Å². The number of Topliss-reactive ketones (excluding diaryl/α,β-unsaturated/α-hetero) is 1. The molecule has 1 amide bonds. The number of amides is 1. The Bertz CT molecular complexity index is 744. The number of benzene rings is 2. The first-order valence-corrected chi connectivity index (χ1v) is 8.99. The molecule has 1 unspecified atom stereocenters. The molecule has 5 nitrogen and oxygen atoms in total. The van der Waals surface area contributed by atoms with E-state index in [0.29, 0.717) is 30.8 Å². The van der Waals surface area contributed by atoms with Gasteiger partial charge in [-0.2, -0.15) is 0 Å². The Labute approximate surface area is 153 Å². The number of para-hydroxylation sites is 1. The molecule has 0 radical (unpaired) electrons. The van der Waals surface area contributed by atoms with Gasteiger partial charge in [0.1, 0.15) is 11.5 Å². The van der Waals surface area contributed by atoms with E-state index in [9.17, 15) is 9.59 Å². The molecule has 5 heteroatoms. The number of hydrogen-bond acceptors (Lipinski definition) is 4. The monoisotopic (exact) mass is 352 g/mol. The number of likely N-dealkylation sites (tertiary alicyclic amines) is 1. The minimum absolute atomic E-state index is 0.0301. The number of piperidine rings is 1. The Balaban J connectivity index is 1.59. The first-order valence-electron chi connectivity index (χ1n) is 8.99. The standard InChI is InChI=1S/C21H24N2O3/c22-20(24)12-14-23-13-4-5-17(15-23)21(25)16-8-10-19(11-9-16)26-18-6-2-1-3-7-18/h1-3,6-11,17H,4-5,12-15H2,(H2,22,24). The summed E-state index contributed by atoms with van der Waals surface area (Å²) >= 11 is 0. The predicted octanol–water partition coefficient (Wildman–Crippen LogP) is 3.25. The van der Waals surface area contributed by atoms with Crippen LogP contribution in [0.3, 0.4) is 0 Å². The summed E-state index contributed by atoms with van der Waals surface area (Å²) < 4.78 is 5.77. The second kappa shape index (κ2) is 8.63. The summed E-state index contributed by atoms with van der Waals surface area (Å²) in [6.07, 6.45) is 2.19. The number of hydrogen-bond donors (Lipinski definition) is 1. The van der Waals surface area contributed by atoms with Crippen LogP contribution >= 0.6 is 0 Å². The van der Waals surface area contributed by atoms with Gasteiger partial charge in [-0.25, -0.2) is 0 Å². The van der Waals surface area contributed by atoms with Gasteiger partial charge in [-0.15, -0.1) is 0 Å². The zero-order chi connectivity index (χ0) is 18.4. The maximum atomic E-state index is 12.8. The molecule has 26 heavy (non-hydrogen) atoms. The first-order chi connectivity index (χ1) is 12.6. The molecule has 0 aliphatic carbocycles. The van der Waals surface area contributed by atoms with Gasteiger partial charge in [0, 0.05) is 31.0 Å². The van der Waals surface area contributed by atoms with Crippen molar-refractivity contribution >= 4 is 11.7 Å². The van der Waals surface area contributed by atoms with Crippen LogP contribution in [0.25, 0.3) is 0 Å². The lowest BCUT2D eigenvalue weighted by molar-refractivity contribution is -0.118. The number of carbonyl (C=O) groups is 2. The molecule has 3 rings (SSSR count). The molecule has 1 saturated heterocycles. The molecule has 1 aliphatic rings. The number of ether oxygens (including phenoxy) is 1. The molecule has 2 aromatic carbocycles. The molecule has 136 valence electrons. The predicted molar refractivity (Wildman–Crippen MR) is 100 cm³/mol. The minimum Gasteiger partial charge on any atom is -0.457 e. The Morgan fingerprint density at radius 2 is 1.73 bits per heavy atom. The van der Waals surface area contributed by atoms with Gasteiger partial charge in [0.15, 0.2) is 5.78 Å². The van der Waals surface area contributed by atoms with Crippen molar-refractivity contribution in [1.29, 1.82) is 0 Å². The van der Waals surface area contributed by atoms with Crippen molar-refractivity contribution in [3.05, 3.63) is 60.2 Å². The van der Waals surface area contributed by atoms with Crippen LogP contribution in [0.15, 0.2) is 54.6 Å². The first kappa shape index (κ1) is 18.1. The van der Waals surface area contributed by atoms with Crippen molar-refractivity contribution in [3.63, 3.8) is 0 Å². The fourth-order valence-electron chi connectivity index (χ4n) is 3.29. The Hall–Kier alpha value is -2.66. The van der Waals surface area contributed by atoms with Gasteiger partial charge in [0.25, 0.3) is 0 Å². The second-order valence-electron chi connectivity index (χ2n) is 6.66. The fourth-order valence-corrected chi connectivity index (χ4v) is 3.29. The van der Waals surface area contributed by atoms with Crippen molar-refractivity contribution in [2.75, 3.05) is 19.6 Å². The lowest BCUT2D eigenvalue weighted by atomic mass is 9.90. The number of primary amides is 1. The number of ketones is 1. The topological polar surface area (TPSA) is 72.6 Å². The van der Waals surface area contributed by atoms with E-state index < -0.39 is 0 Å². The second-order valence-corrected chi connectivity index (χ2v) is 6.66. The normalized spacial score (nSPS) is 17.6. The van der Waals surface area contributed by atoms with E-state index in [0.717, 1.165) is 25.1 Å². The number of rotatable bonds is 7. The molecule has 2 N–H and O–H groups in total. The van der Waals surface area contributed by atoms with Crippen LogP contribution in [0.4, 0.5) is 0 Å². The average Bonchev–Trinajstić information content (AvgIpc) is 2.67. The number of nitrogens with zero attached hydrogens (tertiary/aromatic N) is 1. The van der Waals surface area contributed by atoms with Crippen molar-refractivity contribution in [2.24, 2.45) is 11.7 Å². The van der Waals surface area contributed by atoms with E-state index in [-0.39, 0.29) is 17.6 Å². The molecule has 1 fully saturated rings. The summed E-state index contributed by atoms with van der Waals surface area (Å²) in [6.45, 7) is 2.23. The maximum Gasteiger partial charge on any atom is 0.218 e.